The molecule has 2 atom stereocenters. The maximum Gasteiger partial charge on any atom is 0.231 e. The molecule has 1 aliphatic carbocycles. The van der Waals surface area contributed by atoms with E-state index in [4.69, 9.17) is 10.5 Å². The molecule has 0 aliphatic heterocycles. The summed E-state index contributed by atoms with van der Waals surface area (Å²) in [6.07, 6.45) is 7.81. The van der Waals surface area contributed by atoms with Crippen LogP contribution in [-0.2, 0) is 16.1 Å². The largest absolute Gasteiger partial charge is 0.383 e. The third kappa shape index (κ3) is 3.18. The Bertz CT molecular complexity index is 441. The first-order valence-electron chi connectivity index (χ1n) is 5.95. The van der Waals surface area contributed by atoms with Crippen LogP contribution < -0.4 is 11.1 Å². The number of hydrogen-bond donors (Lipinski definition) is 2. The van der Waals surface area contributed by atoms with Crippen LogP contribution in [0.1, 0.15) is 6.42 Å². The minimum atomic E-state index is -0.137. The molecule has 0 radical (unpaired) electrons. The highest BCUT2D eigenvalue weighted by Crippen LogP contribution is 2.18. The zero-order chi connectivity index (χ0) is 13.0. The number of nitrogens with one attached hydrogen (secondary N) is 1. The zero-order valence-electron chi connectivity index (χ0n) is 10.4. The Morgan fingerprint density at radius 1 is 1.67 bits per heavy atom. The average molecular weight is 250 g/mol. The number of rotatable bonds is 5. The summed E-state index contributed by atoms with van der Waals surface area (Å²) in [7, 11) is 1.64. The number of anilines is 1. The molecule has 1 aromatic rings. The molecule has 2 unspecified atom stereocenters. The molecule has 1 amide bonds. The fourth-order valence-corrected chi connectivity index (χ4v) is 1.89. The first-order chi connectivity index (χ1) is 8.69. The van der Waals surface area contributed by atoms with Crippen molar-refractivity contribution in [3.8, 4) is 0 Å². The van der Waals surface area contributed by atoms with Gasteiger partial charge in [0, 0.05) is 19.3 Å². The Kier molecular flexibility index (Phi) is 4.11. The maximum atomic E-state index is 11.9. The highest BCUT2D eigenvalue weighted by molar-refractivity contribution is 5.93. The van der Waals surface area contributed by atoms with Crippen molar-refractivity contribution >= 4 is 11.6 Å². The lowest BCUT2D eigenvalue weighted by Gasteiger charge is -2.08. The van der Waals surface area contributed by atoms with Crippen molar-refractivity contribution in [2.24, 2.45) is 11.7 Å². The molecule has 98 valence electrons. The molecule has 2 rings (SSSR count). The molecule has 6 nitrogen and oxygen atoms in total. The van der Waals surface area contributed by atoms with Gasteiger partial charge in [0.15, 0.2) is 0 Å². The van der Waals surface area contributed by atoms with Crippen LogP contribution in [0.3, 0.4) is 0 Å². The lowest BCUT2D eigenvalue weighted by molar-refractivity contribution is -0.118. The molecule has 0 fully saturated rings. The van der Waals surface area contributed by atoms with Gasteiger partial charge in [-0.15, -0.1) is 0 Å². The van der Waals surface area contributed by atoms with Gasteiger partial charge in [-0.05, 0) is 6.42 Å². The Morgan fingerprint density at radius 2 is 2.50 bits per heavy atom. The quantitative estimate of drug-likeness (QED) is 0.740. The molecule has 0 saturated heterocycles. The van der Waals surface area contributed by atoms with Crippen LogP contribution in [0.25, 0.3) is 0 Å². The van der Waals surface area contributed by atoms with Gasteiger partial charge in [0.25, 0.3) is 0 Å². The van der Waals surface area contributed by atoms with E-state index in [-0.39, 0.29) is 17.9 Å². The normalized spacial score (nSPS) is 22.3. The van der Waals surface area contributed by atoms with Crippen LogP contribution in [0.2, 0.25) is 0 Å². The number of aromatic nitrogens is 2. The highest BCUT2D eigenvalue weighted by Gasteiger charge is 2.22. The minimum Gasteiger partial charge on any atom is -0.383 e. The van der Waals surface area contributed by atoms with Crippen LogP contribution in [-0.4, -0.2) is 35.4 Å². The average Bonchev–Trinajstić information content (AvgIpc) is 2.96. The van der Waals surface area contributed by atoms with Crippen molar-refractivity contribution < 1.29 is 9.53 Å². The number of carbonyl (C=O) groups is 1. The number of nitrogens with zero attached hydrogens (tertiary/aromatic N) is 2. The van der Waals surface area contributed by atoms with Gasteiger partial charge in [-0.25, -0.2) is 0 Å². The standard InChI is InChI=1S/C12H18N4O2/c1-18-5-4-16-8-11(7-14-16)15-12(17)9-2-3-10(13)6-9/h2-3,7-10H,4-6,13H2,1H3,(H,15,17). The van der Waals surface area contributed by atoms with E-state index in [0.717, 1.165) is 0 Å². The molecular weight excluding hydrogens is 232 g/mol. The minimum absolute atomic E-state index is 0.00910. The second-order valence-corrected chi connectivity index (χ2v) is 4.37. The predicted octanol–water partition coefficient (Wildman–Crippen LogP) is 0.371. The summed E-state index contributed by atoms with van der Waals surface area (Å²) >= 11 is 0. The Hall–Kier alpha value is -1.66. The predicted molar refractivity (Wildman–Crippen MR) is 68.0 cm³/mol. The van der Waals surface area contributed by atoms with Gasteiger partial charge >= 0.3 is 0 Å². The fourth-order valence-electron chi connectivity index (χ4n) is 1.89. The summed E-state index contributed by atoms with van der Waals surface area (Å²) in [6.45, 7) is 1.26. The van der Waals surface area contributed by atoms with E-state index in [2.05, 4.69) is 10.4 Å². The molecule has 1 aromatic heterocycles. The molecule has 18 heavy (non-hydrogen) atoms. The van der Waals surface area contributed by atoms with Crippen LogP contribution in [0.15, 0.2) is 24.5 Å². The van der Waals surface area contributed by atoms with E-state index in [1.54, 1.807) is 24.2 Å². The van der Waals surface area contributed by atoms with E-state index in [0.29, 0.717) is 25.3 Å². The van der Waals surface area contributed by atoms with Gasteiger partial charge < -0.3 is 15.8 Å². The first kappa shape index (κ1) is 12.8. The zero-order valence-corrected chi connectivity index (χ0v) is 10.4. The summed E-state index contributed by atoms with van der Waals surface area (Å²) in [5, 5.41) is 6.96. The van der Waals surface area contributed by atoms with Crippen molar-refractivity contribution in [2.75, 3.05) is 19.0 Å². The second kappa shape index (κ2) is 5.79. The van der Waals surface area contributed by atoms with Gasteiger partial charge in [-0.1, -0.05) is 12.2 Å². The molecule has 1 aliphatic rings. The summed E-state index contributed by atoms with van der Waals surface area (Å²) in [6, 6.07) is -0.00910. The smallest absolute Gasteiger partial charge is 0.231 e. The monoisotopic (exact) mass is 250 g/mol. The van der Waals surface area contributed by atoms with Crippen LogP contribution in [0.5, 0.6) is 0 Å². The molecule has 0 aromatic carbocycles. The van der Waals surface area contributed by atoms with E-state index in [9.17, 15) is 4.79 Å². The highest BCUT2D eigenvalue weighted by atomic mass is 16.5. The van der Waals surface area contributed by atoms with Gasteiger partial charge in [0.2, 0.25) is 5.91 Å². The first-order valence-corrected chi connectivity index (χ1v) is 5.95. The van der Waals surface area contributed by atoms with E-state index < -0.39 is 0 Å². The van der Waals surface area contributed by atoms with Gasteiger partial charge in [-0.2, -0.15) is 5.10 Å². The summed E-state index contributed by atoms with van der Waals surface area (Å²) in [4.78, 5) is 11.9. The Labute approximate surface area is 106 Å². The van der Waals surface area contributed by atoms with Crippen molar-refractivity contribution in [3.63, 3.8) is 0 Å². The SMILES string of the molecule is COCCn1cc(NC(=O)C2C=CC(N)C2)cn1. The summed E-state index contributed by atoms with van der Waals surface area (Å²) < 4.78 is 6.69. The van der Waals surface area contributed by atoms with Gasteiger partial charge in [0.05, 0.1) is 31.0 Å². The molecule has 6 heteroatoms. The van der Waals surface area contributed by atoms with Crippen molar-refractivity contribution in [3.05, 3.63) is 24.5 Å². The number of hydrogen-bond acceptors (Lipinski definition) is 4. The molecule has 0 spiro atoms. The van der Waals surface area contributed by atoms with Crippen molar-refractivity contribution in [1.29, 1.82) is 0 Å². The number of nitrogens with two attached hydrogens (primary N) is 1. The lowest BCUT2D eigenvalue weighted by atomic mass is 10.1. The van der Waals surface area contributed by atoms with E-state index in [1.807, 2.05) is 12.2 Å². The van der Waals surface area contributed by atoms with Crippen LogP contribution >= 0.6 is 0 Å². The Balaban J connectivity index is 1.87. The third-order valence-electron chi connectivity index (χ3n) is 2.88. The van der Waals surface area contributed by atoms with E-state index >= 15 is 0 Å². The Morgan fingerprint density at radius 3 is 3.17 bits per heavy atom. The van der Waals surface area contributed by atoms with Crippen molar-refractivity contribution in [2.45, 2.75) is 19.0 Å². The number of amides is 1. The van der Waals surface area contributed by atoms with Crippen LogP contribution in [0, 0.1) is 5.92 Å². The number of methoxy groups -OCH3 is 1. The summed E-state index contributed by atoms with van der Waals surface area (Å²) in [5.74, 6) is -0.173. The van der Waals surface area contributed by atoms with Gasteiger partial charge in [0.1, 0.15) is 0 Å². The van der Waals surface area contributed by atoms with Gasteiger partial charge in [-0.3, -0.25) is 9.48 Å². The molecular formula is C12H18N4O2. The molecule has 3 N–H and O–H groups in total. The molecule has 0 saturated carbocycles. The number of carbonyl (C=O) groups excluding carboxylic acids is 1. The van der Waals surface area contributed by atoms with Crippen molar-refractivity contribution in [1.82, 2.24) is 9.78 Å². The fraction of sp³-hybridized carbons (Fsp3) is 0.500. The third-order valence-corrected chi connectivity index (χ3v) is 2.88. The molecule has 1 heterocycles. The maximum absolute atomic E-state index is 11.9. The number of ether oxygens (including phenoxy) is 1. The van der Waals surface area contributed by atoms with E-state index in [1.165, 1.54) is 0 Å². The second-order valence-electron chi connectivity index (χ2n) is 4.37. The topological polar surface area (TPSA) is 82.2 Å². The summed E-state index contributed by atoms with van der Waals surface area (Å²) in [5.41, 5.74) is 6.42. The lowest BCUT2D eigenvalue weighted by Crippen LogP contribution is -2.23. The molecule has 0 bridgehead atoms. The van der Waals surface area contributed by atoms with Crippen LogP contribution in [0.4, 0.5) is 5.69 Å².